The van der Waals surface area contributed by atoms with Crippen LogP contribution in [-0.2, 0) is 19.5 Å². The van der Waals surface area contributed by atoms with Gasteiger partial charge >= 0.3 is 0 Å². The van der Waals surface area contributed by atoms with Crippen LogP contribution in [0.2, 0.25) is 0 Å². The van der Waals surface area contributed by atoms with Gasteiger partial charge in [-0.1, -0.05) is 12.1 Å². The Bertz CT molecular complexity index is 493. The van der Waals surface area contributed by atoms with Gasteiger partial charge in [-0.05, 0) is 43.7 Å². The van der Waals surface area contributed by atoms with Crippen LogP contribution in [0, 0.1) is 5.82 Å². The van der Waals surface area contributed by atoms with Crippen molar-refractivity contribution in [2.75, 3.05) is 6.54 Å². The molecule has 1 heterocycles. The molecule has 0 aliphatic rings. The van der Waals surface area contributed by atoms with E-state index < -0.39 is 0 Å². The minimum Gasteiger partial charge on any atom is -0.311 e. The lowest BCUT2D eigenvalue weighted by Gasteiger charge is -2.07. The summed E-state index contributed by atoms with van der Waals surface area (Å²) in [6.07, 6.45) is 2.64. The van der Waals surface area contributed by atoms with Crippen molar-refractivity contribution in [3.05, 3.63) is 53.6 Å². The number of nitrogens with zero attached hydrogens (tertiary/aromatic N) is 2. The van der Waals surface area contributed by atoms with Gasteiger partial charge in [0.25, 0.3) is 0 Å². The molecule has 2 aromatic rings. The van der Waals surface area contributed by atoms with Gasteiger partial charge in [-0.2, -0.15) is 5.10 Å². The van der Waals surface area contributed by atoms with Crippen LogP contribution < -0.4 is 5.32 Å². The Labute approximate surface area is 107 Å². The summed E-state index contributed by atoms with van der Waals surface area (Å²) >= 11 is 0. The molecule has 0 aliphatic heterocycles. The third-order valence-electron chi connectivity index (χ3n) is 2.89. The van der Waals surface area contributed by atoms with Crippen molar-refractivity contribution in [2.45, 2.75) is 26.4 Å². The topological polar surface area (TPSA) is 29.9 Å². The van der Waals surface area contributed by atoms with E-state index in [2.05, 4.69) is 17.3 Å². The van der Waals surface area contributed by atoms with Gasteiger partial charge < -0.3 is 5.32 Å². The van der Waals surface area contributed by atoms with Crippen LogP contribution in [0.4, 0.5) is 4.39 Å². The fraction of sp³-hybridized carbons (Fsp3) is 0.357. The molecule has 0 bridgehead atoms. The molecule has 2 rings (SSSR count). The first-order valence-electron chi connectivity index (χ1n) is 6.25. The molecule has 96 valence electrons. The smallest absolute Gasteiger partial charge is 0.123 e. The summed E-state index contributed by atoms with van der Waals surface area (Å²) in [5, 5.41) is 7.56. The van der Waals surface area contributed by atoms with Gasteiger partial charge in [0.15, 0.2) is 0 Å². The van der Waals surface area contributed by atoms with E-state index in [4.69, 9.17) is 0 Å². The fourth-order valence-electron chi connectivity index (χ4n) is 1.94. The average Bonchev–Trinajstić information content (AvgIpc) is 2.82. The molecule has 0 spiro atoms. The molecule has 1 aromatic carbocycles. The SMILES string of the molecule is CCn1nccc1CNCCc1cccc(F)c1. The predicted octanol–water partition coefficient (Wildman–Crippen LogP) is 2.37. The monoisotopic (exact) mass is 247 g/mol. The van der Waals surface area contributed by atoms with Crippen molar-refractivity contribution in [3.8, 4) is 0 Å². The second-order valence-corrected chi connectivity index (χ2v) is 4.20. The van der Waals surface area contributed by atoms with E-state index in [1.165, 1.54) is 11.8 Å². The third kappa shape index (κ3) is 3.40. The molecule has 0 saturated carbocycles. The van der Waals surface area contributed by atoms with Crippen molar-refractivity contribution in [3.63, 3.8) is 0 Å². The molecule has 0 saturated heterocycles. The average molecular weight is 247 g/mol. The maximum Gasteiger partial charge on any atom is 0.123 e. The minimum atomic E-state index is -0.170. The van der Waals surface area contributed by atoms with Crippen molar-refractivity contribution < 1.29 is 4.39 Å². The Morgan fingerprint density at radius 1 is 1.33 bits per heavy atom. The van der Waals surface area contributed by atoms with E-state index >= 15 is 0 Å². The summed E-state index contributed by atoms with van der Waals surface area (Å²) in [5.74, 6) is -0.170. The number of rotatable bonds is 6. The molecule has 0 atom stereocenters. The quantitative estimate of drug-likeness (QED) is 0.794. The first kappa shape index (κ1) is 12.8. The highest BCUT2D eigenvalue weighted by molar-refractivity contribution is 5.16. The molecule has 0 unspecified atom stereocenters. The molecule has 1 aromatic heterocycles. The molecule has 3 nitrogen and oxygen atoms in total. The molecule has 1 N–H and O–H groups in total. The zero-order valence-electron chi connectivity index (χ0n) is 10.6. The van der Waals surface area contributed by atoms with Crippen molar-refractivity contribution >= 4 is 0 Å². The van der Waals surface area contributed by atoms with Gasteiger partial charge in [0.05, 0.1) is 5.69 Å². The van der Waals surface area contributed by atoms with Crippen LogP contribution in [0.15, 0.2) is 36.5 Å². The number of benzene rings is 1. The zero-order chi connectivity index (χ0) is 12.8. The second-order valence-electron chi connectivity index (χ2n) is 4.20. The maximum absolute atomic E-state index is 13.0. The highest BCUT2D eigenvalue weighted by atomic mass is 19.1. The van der Waals surface area contributed by atoms with Crippen LogP contribution in [0.1, 0.15) is 18.2 Å². The van der Waals surface area contributed by atoms with E-state index in [0.717, 1.165) is 31.6 Å². The summed E-state index contributed by atoms with van der Waals surface area (Å²) in [5.41, 5.74) is 2.20. The van der Waals surface area contributed by atoms with Crippen LogP contribution in [0.25, 0.3) is 0 Å². The van der Waals surface area contributed by atoms with Crippen LogP contribution >= 0.6 is 0 Å². The third-order valence-corrected chi connectivity index (χ3v) is 2.89. The second kappa shape index (κ2) is 6.31. The number of aryl methyl sites for hydroxylation is 1. The lowest BCUT2D eigenvalue weighted by Crippen LogP contribution is -2.19. The normalized spacial score (nSPS) is 10.8. The molecule has 4 heteroatoms. The summed E-state index contributed by atoms with van der Waals surface area (Å²) in [6.45, 7) is 4.58. The molecule has 18 heavy (non-hydrogen) atoms. The molecule has 0 radical (unpaired) electrons. The summed E-state index contributed by atoms with van der Waals surface area (Å²) < 4.78 is 14.9. The van der Waals surface area contributed by atoms with Crippen molar-refractivity contribution in [2.24, 2.45) is 0 Å². The van der Waals surface area contributed by atoms with Gasteiger partial charge in [0.2, 0.25) is 0 Å². The van der Waals surface area contributed by atoms with Gasteiger partial charge in [-0.25, -0.2) is 4.39 Å². The van der Waals surface area contributed by atoms with Crippen LogP contribution in [0.3, 0.4) is 0 Å². The Hall–Kier alpha value is -1.68. The van der Waals surface area contributed by atoms with Crippen LogP contribution in [-0.4, -0.2) is 16.3 Å². The van der Waals surface area contributed by atoms with Crippen LogP contribution in [0.5, 0.6) is 0 Å². The van der Waals surface area contributed by atoms with Gasteiger partial charge in [0.1, 0.15) is 5.82 Å². The Morgan fingerprint density at radius 2 is 2.22 bits per heavy atom. The van der Waals surface area contributed by atoms with Gasteiger partial charge in [0, 0.05) is 19.3 Å². The lowest BCUT2D eigenvalue weighted by atomic mass is 10.1. The number of nitrogens with one attached hydrogen (secondary N) is 1. The predicted molar refractivity (Wildman–Crippen MR) is 69.7 cm³/mol. The minimum absolute atomic E-state index is 0.170. The Kier molecular flexibility index (Phi) is 4.47. The number of halogens is 1. The molecule has 0 amide bonds. The highest BCUT2D eigenvalue weighted by Crippen LogP contribution is 2.04. The maximum atomic E-state index is 13.0. The summed E-state index contributed by atoms with van der Waals surface area (Å²) in [6, 6.07) is 8.76. The van der Waals surface area contributed by atoms with Crippen molar-refractivity contribution in [1.82, 2.24) is 15.1 Å². The Balaban J connectivity index is 1.76. The van der Waals surface area contributed by atoms with Crippen molar-refractivity contribution in [1.29, 1.82) is 0 Å². The summed E-state index contributed by atoms with van der Waals surface area (Å²) in [4.78, 5) is 0. The van der Waals surface area contributed by atoms with E-state index in [0.29, 0.717) is 0 Å². The first-order chi connectivity index (χ1) is 8.79. The van der Waals surface area contributed by atoms with E-state index in [9.17, 15) is 4.39 Å². The zero-order valence-corrected chi connectivity index (χ0v) is 10.6. The standard InChI is InChI=1S/C14H18FN3/c1-2-18-14(7-9-17-18)11-16-8-6-12-4-3-5-13(15)10-12/h3-5,7,9-10,16H,2,6,8,11H2,1H3. The molecular weight excluding hydrogens is 229 g/mol. The molecule has 0 aliphatic carbocycles. The Morgan fingerprint density at radius 3 is 3.00 bits per heavy atom. The lowest BCUT2D eigenvalue weighted by molar-refractivity contribution is 0.581. The largest absolute Gasteiger partial charge is 0.311 e. The van der Waals surface area contributed by atoms with E-state index in [-0.39, 0.29) is 5.82 Å². The highest BCUT2D eigenvalue weighted by Gasteiger charge is 2.00. The summed E-state index contributed by atoms with van der Waals surface area (Å²) in [7, 11) is 0. The van der Waals surface area contributed by atoms with Gasteiger partial charge in [-0.3, -0.25) is 4.68 Å². The number of hydrogen-bond acceptors (Lipinski definition) is 2. The van der Waals surface area contributed by atoms with E-state index in [1.54, 1.807) is 12.1 Å². The number of aromatic nitrogens is 2. The number of hydrogen-bond donors (Lipinski definition) is 1. The fourth-order valence-corrected chi connectivity index (χ4v) is 1.94. The van der Waals surface area contributed by atoms with Gasteiger partial charge in [-0.15, -0.1) is 0 Å². The molecule has 0 fully saturated rings. The van der Waals surface area contributed by atoms with E-state index in [1.807, 2.05) is 23.0 Å². The first-order valence-corrected chi connectivity index (χ1v) is 6.25. The molecular formula is C14H18FN3.